The molecule has 0 atom stereocenters. The van der Waals surface area contributed by atoms with Gasteiger partial charge >= 0.3 is 0 Å². The number of nitrogens with one attached hydrogen (secondary N) is 1. The Morgan fingerprint density at radius 2 is 1.88 bits per heavy atom. The molecule has 2 aromatic rings. The molecule has 0 radical (unpaired) electrons. The maximum absolute atomic E-state index is 12.2. The van der Waals surface area contributed by atoms with Crippen LogP contribution in [0.4, 0.5) is 5.82 Å². The summed E-state index contributed by atoms with van der Waals surface area (Å²) in [6.45, 7) is 5.05. The summed E-state index contributed by atoms with van der Waals surface area (Å²) in [5, 5.41) is 2.70. The molecule has 1 amide bonds. The van der Waals surface area contributed by atoms with Crippen LogP contribution < -0.4 is 10.2 Å². The summed E-state index contributed by atoms with van der Waals surface area (Å²) in [4.78, 5) is 30.9. The molecule has 6 nitrogen and oxygen atoms in total. The van der Waals surface area contributed by atoms with Crippen molar-refractivity contribution in [3.8, 4) is 0 Å². The van der Waals surface area contributed by atoms with Gasteiger partial charge in [-0.15, -0.1) is 0 Å². The van der Waals surface area contributed by atoms with Gasteiger partial charge in [0.15, 0.2) is 0 Å². The smallest absolute Gasteiger partial charge is 0.292 e. The minimum absolute atomic E-state index is 0.261. The van der Waals surface area contributed by atoms with E-state index < -0.39 is 11.7 Å². The standard InChI is InChI=1S/C19H21N3O3/c1-14-4-6-15(7-5-14)17(23)19(24)21-13-16-3-2-8-20-18(16)22-9-11-25-12-10-22/h2-8H,9-13H2,1H3,(H,21,24). The summed E-state index contributed by atoms with van der Waals surface area (Å²) >= 11 is 0. The number of nitrogens with zero attached hydrogens (tertiary/aromatic N) is 2. The Morgan fingerprint density at radius 1 is 1.16 bits per heavy atom. The zero-order valence-electron chi connectivity index (χ0n) is 14.2. The highest BCUT2D eigenvalue weighted by atomic mass is 16.5. The monoisotopic (exact) mass is 339 g/mol. The average molecular weight is 339 g/mol. The van der Waals surface area contributed by atoms with Crippen LogP contribution in [-0.2, 0) is 16.1 Å². The second-order valence-electron chi connectivity index (χ2n) is 5.96. The Morgan fingerprint density at radius 3 is 2.60 bits per heavy atom. The molecular formula is C19H21N3O3. The fourth-order valence-electron chi connectivity index (χ4n) is 2.72. The normalized spacial score (nSPS) is 14.2. The van der Waals surface area contributed by atoms with Crippen molar-refractivity contribution in [2.24, 2.45) is 0 Å². The highest BCUT2D eigenvalue weighted by Gasteiger charge is 2.19. The molecule has 1 aliphatic rings. The van der Waals surface area contributed by atoms with Crippen LogP contribution in [0.15, 0.2) is 42.6 Å². The molecule has 3 rings (SSSR count). The number of morpholine rings is 1. The zero-order chi connectivity index (χ0) is 17.6. The maximum Gasteiger partial charge on any atom is 0.292 e. The fraction of sp³-hybridized carbons (Fsp3) is 0.316. The number of ketones is 1. The number of hydrogen-bond donors (Lipinski definition) is 1. The van der Waals surface area contributed by atoms with Gasteiger partial charge < -0.3 is 15.0 Å². The van der Waals surface area contributed by atoms with Crippen LogP contribution >= 0.6 is 0 Å². The third-order valence-electron chi connectivity index (χ3n) is 4.14. The molecular weight excluding hydrogens is 318 g/mol. The Bertz CT molecular complexity index is 753. The van der Waals surface area contributed by atoms with E-state index in [1.54, 1.807) is 18.3 Å². The SMILES string of the molecule is Cc1ccc(C(=O)C(=O)NCc2cccnc2N2CCOCC2)cc1. The van der Waals surface area contributed by atoms with E-state index in [1.807, 2.05) is 31.2 Å². The summed E-state index contributed by atoms with van der Waals surface area (Å²) in [7, 11) is 0. The summed E-state index contributed by atoms with van der Waals surface area (Å²) < 4.78 is 5.36. The lowest BCUT2D eigenvalue weighted by molar-refractivity contribution is -0.117. The Balaban J connectivity index is 1.66. The van der Waals surface area contributed by atoms with Crippen LogP contribution in [0.3, 0.4) is 0 Å². The number of aromatic nitrogens is 1. The molecule has 0 saturated carbocycles. The molecule has 2 heterocycles. The predicted molar refractivity (Wildman–Crippen MR) is 94.6 cm³/mol. The van der Waals surface area contributed by atoms with Crippen LogP contribution in [0.1, 0.15) is 21.5 Å². The topological polar surface area (TPSA) is 71.5 Å². The zero-order valence-corrected chi connectivity index (χ0v) is 14.2. The lowest BCUT2D eigenvalue weighted by atomic mass is 10.1. The van der Waals surface area contributed by atoms with Gasteiger partial charge in [-0.3, -0.25) is 9.59 Å². The van der Waals surface area contributed by atoms with Crippen LogP contribution in [0.5, 0.6) is 0 Å². The van der Waals surface area contributed by atoms with Gasteiger partial charge in [-0.2, -0.15) is 0 Å². The Labute approximate surface area is 146 Å². The summed E-state index contributed by atoms with van der Waals surface area (Å²) in [5.41, 5.74) is 2.32. The van der Waals surface area contributed by atoms with Gasteiger partial charge in [-0.1, -0.05) is 35.9 Å². The van der Waals surface area contributed by atoms with Crippen molar-refractivity contribution in [3.05, 3.63) is 59.3 Å². The van der Waals surface area contributed by atoms with Crippen molar-refractivity contribution >= 4 is 17.5 Å². The first-order chi connectivity index (χ1) is 12.1. The van der Waals surface area contributed by atoms with E-state index in [-0.39, 0.29) is 6.54 Å². The lowest BCUT2D eigenvalue weighted by Crippen LogP contribution is -2.38. The number of benzene rings is 1. The second kappa shape index (κ2) is 7.90. The number of anilines is 1. The van der Waals surface area contributed by atoms with Gasteiger partial charge in [-0.25, -0.2) is 4.98 Å². The molecule has 0 bridgehead atoms. The van der Waals surface area contributed by atoms with Crippen LogP contribution in [0.2, 0.25) is 0 Å². The third kappa shape index (κ3) is 4.22. The molecule has 0 unspecified atom stereocenters. The van der Waals surface area contributed by atoms with E-state index in [0.717, 1.165) is 30.0 Å². The van der Waals surface area contributed by atoms with E-state index in [0.29, 0.717) is 18.8 Å². The van der Waals surface area contributed by atoms with Gasteiger partial charge in [0.1, 0.15) is 5.82 Å². The minimum atomic E-state index is -0.611. The maximum atomic E-state index is 12.2. The number of carbonyl (C=O) groups is 2. The second-order valence-corrected chi connectivity index (χ2v) is 5.96. The number of pyridine rings is 1. The molecule has 1 aromatic carbocycles. The molecule has 1 aliphatic heterocycles. The van der Waals surface area contributed by atoms with Gasteiger partial charge in [0.25, 0.3) is 5.91 Å². The van der Waals surface area contributed by atoms with Gasteiger partial charge in [0, 0.05) is 37.0 Å². The molecule has 130 valence electrons. The van der Waals surface area contributed by atoms with E-state index >= 15 is 0 Å². The van der Waals surface area contributed by atoms with Crippen molar-refractivity contribution < 1.29 is 14.3 Å². The number of hydrogen-bond acceptors (Lipinski definition) is 5. The van der Waals surface area contributed by atoms with E-state index in [1.165, 1.54) is 0 Å². The van der Waals surface area contributed by atoms with Gasteiger partial charge in [0.05, 0.1) is 13.2 Å². The fourth-order valence-corrected chi connectivity index (χ4v) is 2.72. The third-order valence-corrected chi connectivity index (χ3v) is 4.14. The number of Topliss-reactive ketones (excluding diaryl/α,β-unsaturated/α-hetero) is 1. The molecule has 25 heavy (non-hydrogen) atoms. The quantitative estimate of drug-likeness (QED) is 0.663. The first-order valence-electron chi connectivity index (χ1n) is 8.31. The highest BCUT2D eigenvalue weighted by molar-refractivity contribution is 6.42. The molecule has 0 spiro atoms. The Hall–Kier alpha value is -2.73. The predicted octanol–water partition coefficient (Wildman–Crippen LogP) is 1.73. The number of amides is 1. The largest absolute Gasteiger partial charge is 0.378 e. The number of aryl methyl sites for hydroxylation is 1. The number of carbonyl (C=O) groups excluding carboxylic acids is 2. The van der Waals surface area contributed by atoms with Gasteiger partial charge in [0.2, 0.25) is 5.78 Å². The molecule has 1 fully saturated rings. The summed E-state index contributed by atoms with van der Waals surface area (Å²) in [6, 6.07) is 10.7. The molecule has 1 aromatic heterocycles. The summed E-state index contributed by atoms with van der Waals surface area (Å²) in [5.74, 6) is -0.314. The lowest BCUT2D eigenvalue weighted by Gasteiger charge is -2.29. The average Bonchev–Trinajstić information content (AvgIpc) is 2.67. The molecule has 1 N–H and O–H groups in total. The van der Waals surface area contributed by atoms with E-state index in [9.17, 15) is 9.59 Å². The van der Waals surface area contributed by atoms with Gasteiger partial charge in [-0.05, 0) is 13.0 Å². The Kier molecular flexibility index (Phi) is 5.40. The highest BCUT2D eigenvalue weighted by Crippen LogP contribution is 2.18. The minimum Gasteiger partial charge on any atom is -0.378 e. The van der Waals surface area contributed by atoms with Crippen molar-refractivity contribution in [2.75, 3.05) is 31.2 Å². The van der Waals surface area contributed by atoms with Crippen molar-refractivity contribution in [2.45, 2.75) is 13.5 Å². The first-order valence-corrected chi connectivity index (χ1v) is 8.31. The van der Waals surface area contributed by atoms with Crippen LogP contribution in [0, 0.1) is 6.92 Å². The number of ether oxygens (including phenoxy) is 1. The van der Waals surface area contributed by atoms with E-state index in [4.69, 9.17) is 4.74 Å². The van der Waals surface area contributed by atoms with Crippen LogP contribution in [-0.4, -0.2) is 43.0 Å². The van der Waals surface area contributed by atoms with Crippen LogP contribution in [0.25, 0.3) is 0 Å². The van der Waals surface area contributed by atoms with Crippen molar-refractivity contribution in [1.82, 2.24) is 10.3 Å². The van der Waals surface area contributed by atoms with E-state index in [2.05, 4.69) is 15.2 Å². The summed E-state index contributed by atoms with van der Waals surface area (Å²) in [6.07, 6.45) is 1.73. The molecule has 6 heteroatoms. The van der Waals surface area contributed by atoms with Crippen molar-refractivity contribution in [1.29, 1.82) is 0 Å². The molecule has 0 aliphatic carbocycles. The van der Waals surface area contributed by atoms with Crippen molar-refractivity contribution in [3.63, 3.8) is 0 Å². The first kappa shape index (κ1) is 17.1. The molecule has 1 saturated heterocycles. The number of rotatable bonds is 5.